The molecule has 0 aromatic rings. The minimum Gasteiger partial charge on any atom is -0.481 e. The van der Waals surface area contributed by atoms with Gasteiger partial charge >= 0.3 is 5.97 Å². The number of rotatable bonds is 5. The predicted molar refractivity (Wildman–Crippen MR) is 40.1 cm³/mol. The zero-order valence-electron chi connectivity index (χ0n) is 6.30. The van der Waals surface area contributed by atoms with E-state index in [1.807, 2.05) is 0 Å². The number of hydrogen-bond donors (Lipinski definition) is 3. The maximum absolute atomic E-state index is 10.7. The van der Waals surface area contributed by atoms with E-state index in [1.165, 1.54) is 0 Å². The van der Waals surface area contributed by atoms with E-state index in [4.69, 9.17) is 16.0 Å². The van der Waals surface area contributed by atoms with Crippen molar-refractivity contribution >= 4 is 18.0 Å². The summed E-state index contributed by atoms with van der Waals surface area (Å²) in [5.41, 5.74) is 5.24. The highest BCUT2D eigenvalue weighted by molar-refractivity contribution is 6.29. The molecule has 0 aliphatic rings. The number of hydrogen-bond acceptors (Lipinski definition) is 5. The van der Waals surface area contributed by atoms with Gasteiger partial charge in [-0.05, 0) is 6.42 Å². The third kappa shape index (κ3) is 4.40. The number of ketones is 1. The van der Waals surface area contributed by atoms with Crippen LogP contribution < -0.4 is 5.73 Å². The molecule has 0 heterocycles. The second-order valence-electron chi connectivity index (χ2n) is 2.19. The number of carboxylic acid groups (broad SMARTS) is 1. The van der Waals surface area contributed by atoms with Crippen LogP contribution in [0.2, 0.25) is 0 Å². The van der Waals surface area contributed by atoms with Gasteiger partial charge in [0.2, 0.25) is 0 Å². The molecule has 12 heavy (non-hydrogen) atoms. The largest absolute Gasteiger partial charge is 0.481 e. The van der Waals surface area contributed by atoms with Gasteiger partial charge in [0.25, 0.3) is 0 Å². The molecule has 4 N–H and O–H groups in total. The lowest BCUT2D eigenvalue weighted by Gasteiger charge is -2.03. The minimum absolute atomic E-state index is 0.0419. The lowest BCUT2D eigenvalue weighted by molar-refractivity contribution is -0.137. The standard InChI is InChI=1S/C6H10N2O4/c7-4(1-2-6(10)11)5(9)3-8-12/h3-4,12H,1-2,7H2,(H,10,11)/t4-/m0/s1. The third-order valence-electron chi connectivity index (χ3n) is 1.22. The molecule has 68 valence electrons. The Bertz CT molecular complexity index is 202. The summed E-state index contributed by atoms with van der Waals surface area (Å²) >= 11 is 0. The maximum Gasteiger partial charge on any atom is 0.303 e. The second kappa shape index (κ2) is 5.25. The van der Waals surface area contributed by atoms with E-state index in [2.05, 4.69) is 5.16 Å². The van der Waals surface area contributed by atoms with E-state index in [1.54, 1.807) is 0 Å². The van der Waals surface area contributed by atoms with E-state index >= 15 is 0 Å². The molecule has 0 fully saturated rings. The first-order chi connectivity index (χ1) is 5.57. The van der Waals surface area contributed by atoms with Crippen molar-refractivity contribution < 1.29 is 19.9 Å². The Balaban J connectivity index is 3.79. The van der Waals surface area contributed by atoms with Crippen LogP contribution in [0.15, 0.2) is 5.16 Å². The van der Waals surface area contributed by atoms with Crippen molar-refractivity contribution in [1.29, 1.82) is 0 Å². The Morgan fingerprint density at radius 3 is 2.58 bits per heavy atom. The molecule has 0 aromatic heterocycles. The van der Waals surface area contributed by atoms with Crippen molar-refractivity contribution in [2.45, 2.75) is 18.9 Å². The number of Topliss-reactive ketones (excluding diaryl/α,β-unsaturated/α-hetero) is 1. The first-order valence-corrected chi connectivity index (χ1v) is 3.26. The van der Waals surface area contributed by atoms with Gasteiger partial charge in [-0.15, -0.1) is 0 Å². The molecule has 0 rings (SSSR count). The third-order valence-corrected chi connectivity index (χ3v) is 1.22. The molecule has 0 amide bonds. The summed E-state index contributed by atoms with van der Waals surface area (Å²) in [6, 6.07) is -0.906. The summed E-state index contributed by atoms with van der Waals surface area (Å²) in [5, 5.41) is 18.6. The van der Waals surface area contributed by atoms with Gasteiger partial charge in [0.1, 0.15) is 6.21 Å². The van der Waals surface area contributed by atoms with Crippen molar-refractivity contribution in [2.75, 3.05) is 0 Å². The predicted octanol–water partition coefficient (Wildman–Crippen LogP) is -0.792. The summed E-state index contributed by atoms with van der Waals surface area (Å²) in [6.07, 6.45) is 0.527. The lowest BCUT2D eigenvalue weighted by Crippen LogP contribution is -2.31. The number of carboxylic acids is 1. The summed E-state index contributed by atoms with van der Waals surface area (Å²) in [5.74, 6) is -1.60. The highest BCUT2D eigenvalue weighted by atomic mass is 16.4. The average Bonchev–Trinajstić information content (AvgIpc) is 2.00. The maximum atomic E-state index is 10.7. The minimum atomic E-state index is -1.01. The molecular weight excluding hydrogens is 164 g/mol. The smallest absolute Gasteiger partial charge is 0.303 e. The van der Waals surface area contributed by atoms with Crippen LogP contribution in [0.1, 0.15) is 12.8 Å². The Labute approximate surface area is 68.7 Å². The van der Waals surface area contributed by atoms with Gasteiger partial charge in [-0.25, -0.2) is 0 Å². The van der Waals surface area contributed by atoms with Crippen LogP contribution in [0, 0.1) is 0 Å². The summed E-state index contributed by atoms with van der Waals surface area (Å²) in [6.45, 7) is 0. The van der Waals surface area contributed by atoms with Gasteiger partial charge < -0.3 is 16.0 Å². The molecule has 0 spiro atoms. The van der Waals surface area contributed by atoms with Gasteiger partial charge in [-0.2, -0.15) is 0 Å². The SMILES string of the molecule is N[C@@H](CCC(=O)O)C(=O)C=NO. The molecule has 0 unspecified atom stereocenters. The molecule has 6 nitrogen and oxygen atoms in total. The molecule has 0 aliphatic carbocycles. The zero-order valence-corrected chi connectivity index (χ0v) is 6.30. The van der Waals surface area contributed by atoms with E-state index in [-0.39, 0.29) is 12.8 Å². The summed E-state index contributed by atoms with van der Waals surface area (Å²) in [7, 11) is 0. The summed E-state index contributed by atoms with van der Waals surface area (Å²) in [4.78, 5) is 20.8. The fraction of sp³-hybridized carbons (Fsp3) is 0.500. The normalized spacial score (nSPS) is 13.1. The number of carbonyl (C=O) groups excluding carboxylic acids is 1. The first-order valence-electron chi connectivity index (χ1n) is 3.26. The quantitative estimate of drug-likeness (QED) is 0.287. The van der Waals surface area contributed by atoms with E-state index < -0.39 is 17.8 Å². The monoisotopic (exact) mass is 174 g/mol. The Kier molecular flexibility index (Phi) is 4.62. The van der Waals surface area contributed by atoms with Gasteiger partial charge in [0.15, 0.2) is 5.78 Å². The van der Waals surface area contributed by atoms with Crippen molar-refractivity contribution in [3.63, 3.8) is 0 Å². The van der Waals surface area contributed by atoms with E-state index in [0.717, 1.165) is 0 Å². The number of carbonyl (C=O) groups is 2. The van der Waals surface area contributed by atoms with Crippen LogP contribution in [0.4, 0.5) is 0 Å². The Morgan fingerprint density at radius 1 is 1.58 bits per heavy atom. The molecule has 0 saturated carbocycles. The van der Waals surface area contributed by atoms with Crippen LogP contribution in [0.5, 0.6) is 0 Å². The molecule has 1 atom stereocenters. The fourth-order valence-electron chi connectivity index (χ4n) is 0.574. The number of nitrogens with zero attached hydrogens (tertiary/aromatic N) is 1. The van der Waals surface area contributed by atoms with Crippen molar-refractivity contribution in [3.8, 4) is 0 Å². The molecule has 6 heteroatoms. The van der Waals surface area contributed by atoms with E-state index in [0.29, 0.717) is 6.21 Å². The fourth-order valence-corrected chi connectivity index (χ4v) is 0.574. The Hall–Kier alpha value is -1.43. The number of oxime groups is 1. The summed E-state index contributed by atoms with van der Waals surface area (Å²) < 4.78 is 0. The van der Waals surface area contributed by atoms with Crippen LogP contribution in [-0.2, 0) is 9.59 Å². The van der Waals surface area contributed by atoms with Crippen LogP contribution in [0.3, 0.4) is 0 Å². The molecule has 0 bridgehead atoms. The average molecular weight is 174 g/mol. The Morgan fingerprint density at radius 2 is 2.17 bits per heavy atom. The molecule has 0 aliphatic heterocycles. The van der Waals surface area contributed by atoms with Gasteiger partial charge in [0.05, 0.1) is 6.04 Å². The highest BCUT2D eigenvalue weighted by Gasteiger charge is 2.12. The topological polar surface area (TPSA) is 113 Å². The van der Waals surface area contributed by atoms with Crippen molar-refractivity contribution in [1.82, 2.24) is 0 Å². The molecule has 0 aromatic carbocycles. The van der Waals surface area contributed by atoms with Gasteiger partial charge in [0, 0.05) is 6.42 Å². The number of nitrogens with two attached hydrogens (primary N) is 1. The second-order valence-corrected chi connectivity index (χ2v) is 2.19. The highest BCUT2D eigenvalue weighted by Crippen LogP contribution is 1.94. The van der Waals surface area contributed by atoms with Crippen molar-refractivity contribution in [3.05, 3.63) is 0 Å². The molecule has 0 radical (unpaired) electrons. The first kappa shape index (κ1) is 10.6. The zero-order chi connectivity index (χ0) is 9.56. The van der Waals surface area contributed by atoms with E-state index in [9.17, 15) is 9.59 Å². The molecular formula is C6H10N2O4. The molecule has 0 saturated heterocycles. The van der Waals surface area contributed by atoms with Crippen LogP contribution in [-0.4, -0.2) is 34.3 Å². The lowest BCUT2D eigenvalue weighted by atomic mass is 10.1. The van der Waals surface area contributed by atoms with Crippen LogP contribution >= 0.6 is 0 Å². The number of aliphatic carboxylic acids is 1. The van der Waals surface area contributed by atoms with Gasteiger partial charge in [-0.1, -0.05) is 5.16 Å². The van der Waals surface area contributed by atoms with Crippen molar-refractivity contribution in [2.24, 2.45) is 10.9 Å². The van der Waals surface area contributed by atoms with Crippen LogP contribution in [0.25, 0.3) is 0 Å². The van der Waals surface area contributed by atoms with Gasteiger partial charge in [-0.3, -0.25) is 9.59 Å².